The predicted molar refractivity (Wildman–Crippen MR) is 73.0 cm³/mol. The number of benzene rings is 1. The molecule has 4 heteroatoms. The maximum atomic E-state index is 10.9. The van der Waals surface area contributed by atoms with Crippen molar-refractivity contribution in [1.29, 1.82) is 0 Å². The molecule has 0 aromatic heterocycles. The Bertz CT molecular complexity index is 526. The summed E-state index contributed by atoms with van der Waals surface area (Å²) < 4.78 is 5.79. The average molecular weight is 261 g/mol. The smallest absolute Gasteiger partial charge is 0.303 e. The van der Waals surface area contributed by atoms with Gasteiger partial charge in [-0.05, 0) is 30.9 Å². The number of rotatable bonds is 2. The molecule has 3 rings (SSSR count). The molecule has 1 aromatic carbocycles. The van der Waals surface area contributed by atoms with Crippen LogP contribution in [0.3, 0.4) is 0 Å². The van der Waals surface area contributed by atoms with Gasteiger partial charge >= 0.3 is 5.97 Å². The van der Waals surface area contributed by atoms with Crippen LogP contribution in [0.25, 0.3) is 0 Å². The molecule has 2 unspecified atom stereocenters. The summed E-state index contributed by atoms with van der Waals surface area (Å²) in [6.45, 7) is 2.90. The normalized spacial score (nSPS) is 24.6. The quantitative estimate of drug-likeness (QED) is 0.885. The van der Waals surface area contributed by atoms with Gasteiger partial charge in [-0.25, -0.2) is 0 Å². The van der Waals surface area contributed by atoms with E-state index in [1.54, 1.807) is 0 Å². The lowest BCUT2D eigenvalue weighted by Gasteiger charge is -2.34. The zero-order valence-electron chi connectivity index (χ0n) is 11.3. The van der Waals surface area contributed by atoms with Gasteiger partial charge < -0.3 is 14.7 Å². The van der Waals surface area contributed by atoms with Crippen molar-refractivity contribution in [3.63, 3.8) is 0 Å². The summed E-state index contributed by atoms with van der Waals surface area (Å²) in [4.78, 5) is 13.1. The first-order valence-electron chi connectivity index (χ1n) is 6.79. The van der Waals surface area contributed by atoms with Gasteiger partial charge in [0.15, 0.2) is 0 Å². The second-order valence-corrected chi connectivity index (χ2v) is 5.73. The van der Waals surface area contributed by atoms with E-state index in [2.05, 4.69) is 24.9 Å². The van der Waals surface area contributed by atoms with Crippen LogP contribution in [0.1, 0.15) is 24.5 Å². The number of ether oxygens (including phenoxy) is 1. The fraction of sp³-hybridized carbons (Fsp3) is 0.533. The molecule has 1 aromatic rings. The van der Waals surface area contributed by atoms with E-state index in [-0.39, 0.29) is 18.4 Å². The predicted octanol–water partition coefficient (Wildman–Crippen LogP) is 2.09. The third-order valence-corrected chi connectivity index (χ3v) is 4.03. The number of carboxylic acids is 1. The van der Waals surface area contributed by atoms with Gasteiger partial charge in [0.05, 0.1) is 6.42 Å². The number of hydrogen-bond donors (Lipinski definition) is 1. The van der Waals surface area contributed by atoms with Gasteiger partial charge in [0.25, 0.3) is 0 Å². The molecular weight excluding hydrogens is 242 g/mol. The molecule has 0 aliphatic carbocycles. The van der Waals surface area contributed by atoms with Crippen LogP contribution in [0.5, 0.6) is 5.75 Å². The van der Waals surface area contributed by atoms with Crippen LogP contribution in [0.15, 0.2) is 12.1 Å². The van der Waals surface area contributed by atoms with Gasteiger partial charge in [-0.3, -0.25) is 4.79 Å². The Morgan fingerprint density at radius 1 is 1.47 bits per heavy atom. The summed E-state index contributed by atoms with van der Waals surface area (Å²) in [5.74, 6) is 0.488. The molecule has 2 aliphatic heterocycles. The van der Waals surface area contributed by atoms with Gasteiger partial charge in [0, 0.05) is 31.3 Å². The Morgan fingerprint density at radius 3 is 3.00 bits per heavy atom. The fourth-order valence-electron chi connectivity index (χ4n) is 3.40. The number of carbonyl (C=O) groups is 1. The molecule has 4 nitrogen and oxygen atoms in total. The van der Waals surface area contributed by atoms with Crippen molar-refractivity contribution in [3.05, 3.63) is 23.3 Å². The Kier molecular flexibility index (Phi) is 2.88. The Balaban J connectivity index is 1.94. The van der Waals surface area contributed by atoms with E-state index in [0.717, 1.165) is 25.1 Å². The molecule has 102 valence electrons. The van der Waals surface area contributed by atoms with Crippen LogP contribution in [-0.2, 0) is 17.6 Å². The minimum Gasteiger partial charge on any atom is -0.490 e. The summed E-state index contributed by atoms with van der Waals surface area (Å²) in [7, 11) is 2.05. The topological polar surface area (TPSA) is 49.8 Å². The lowest BCUT2D eigenvalue weighted by atomic mass is 9.88. The molecule has 0 spiro atoms. The van der Waals surface area contributed by atoms with Crippen molar-refractivity contribution < 1.29 is 14.6 Å². The third-order valence-electron chi connectivity index (χ3n) is 4.03. The van der Waals surface area contributed by atoms with Crippen LogP contribution in [-0.4, -0.2) is 30.8 Å². The monoisotopic (exact) mass is 261 g/mol. The fourth-order valence-corrected chi connectivity index (χ4v) is 3.40. The molecule has 0 fully saturated rings. The van der Waals surface area contributed by atoms with Crippen molar-refractivity contribution in [1.82, 2.24) is 0 Å². The maximum Gasteiger partial charge on any atom is 0.303 e. The summed E-state index contributed by atoms with van der Waals surface area (Å²) in [6.07, 6.45) is 2.29. The van der Waals surface area contributed by atoms with Gasteiger partial charge in [0.2, 0.25) is 0 Å². The van der Waals surface area contributed by atoms with E-state index in [1.807, 2.05) is 6.07 Å². The summed E-state index contributed by atoms with van der Waals surface area (Å²) in [6, 6.07) is 4.13. The van der Waals surface area contributed by atoms with Crippen molar-refractivity contribution in [2.45, 2.75) is 32.3 Å². The lowest BCUT2D eigenvalue weighted by Crippen LogP contribution is -2.34. The molecule has 0 amide bonds. The molecule has 1 N–H and O–H groups in total. The minimum absolute atomic E-state index is 0.202. The second kappa shape index (κ2) is 4.44. The van der Waals surface area contributed by atoms with Crippen LogP contribution in [0, 0.1) is 5.92 Å². The van der Waals surface area contributed by atoms with E-state index < -0.39 is 5.97 Å². The number of carboxylic acid groups (broad SMARTS) is 1. The number of anilines is 1. The Labute approximate surface area is 113 Å². The summed E-state index contributed by atoms with van der Waals surface area (Å²) in [5.41, 5.74) is 3.82. The van der Waals surface area contributed by atoms with E-state index in [4.69, 9.17) is 9.84 Å². The first-order chi connectivity index (χ1) is 9.04. The van der Waals surface area contributed by atoms with Gasteiger partial charge in [-0.15, -0.1) is 0 Å². The van der Waals surface area contributed by atoms with E-state index in [0.29, 0.717) is 0 Å². The summed E-state index contributed by atoms with van der Waals surface area (Å²) in [5, 5.41) is 8.95. The highest BCUT2D eigenvalue weighted by atomic mass is 16.5. The zero-order valence-corrected chi connectivity index (χ0v) is 11.3. The zero-order chi connectivity index (χ0) is 13.6. The number of fused-ring (bicyclic) bond motifs is 3. The van der Waals surface area contributed by atoms with Gasteiger partial charge in [0.1, 0.15) is 11.9 Å². The van der Waals surface area contributed by atoms with Crippen LogP contribution in [0.2, 0.25) is 0 Å². The standard InChI is InChI=1S/C15H19NO3/c1-9-5-12-13(19-9)4-3-11-6-10(7-14(17)18)8-16(2)15(11)12/h3-4,9-10H,5-8H2,1-2H3,(H,17,18). The molecule has 2 aliphatic rings. The first kappa shape index (κ1) is 12.3. The molecule has 0 radical (unpaired) electrons. The maximum absolute atomic E-state index is 10.9. The Morgan fingerprint density at radius 2 is 2.26 bits per heavy atom. The molecule has 2 atom stereocenters. The van der Waals surface area contributed by atoms with E-state index in [9.17, 15) is 4.79 Å². The Hall–Kier alpha value is -1.71. The highest BCUT2D eigenvalue weighted by molar-refractivity contribution is 5.70. The molecule has 0 saturated carbocycles. The largest absolute Gasteiger partial charge is 0.490 e. The van der Waals surface area contributed by atoms with E-state index >= 15 is 0 Å². The van der Waals surface area contributed by atoms with Crippen molar-refractivity contribution in [3.8, 4) is 5.75 Å². The lowest BCUT2D eigenvalue weighted by molar-refractivity contribution is -0.138. The van der Waals surface area contributed by atoms with Crippen molar-refractivity contribution >= 4 is 11.7 Å². The first-order valence-corrected chi connectivity index (χ1v) is 6.79. The SMILES string of the molecule is CC1Cc2c(ccc3c2N(C)CC(CC(=O)O)C3)O1. The van der Waals surface area contributed by atoms with Crippen LogP contribution < -0.4 is 9.64 Å². The van der Waals surface area contributed by atoms with Gasteiger partial charge in [-0.2, -0.15) is 0 Å². The number of nitrogens with zero attached hydrogens (tertiary/aromatic N) is 1. The van der Waals surface area contributed by atoms with Crippen LogP contribution >= 0.6 is 0 Å². The summed E-state index contributed by atoms with van der Waals surface area (Å²) >= 11 is 0. The third kappa shape index (κ3) is 2.15. The highest BCUT2D eigenvalue weighted by Gasteiger charge is 2.31. The number of aliphatic carboxylic acids is 1. The molecule has 19 heavy (non-hydrogen) atoms. The minimum atomic E-state index is -0.708. The molecular formula is C15H19NO3. The molecule has 0 bridgehead atoms. The van der Waals surface area contributed by atoms with Crippen LogP contribution in [0.4, 0.5) is 5.69 Å². The number of hydrogen-bond acceptors (Lipinski definition) is 3. The average Bonchev–Trinajstić information content (AvgIpc) is 2.67. The van der Waals surface area contributed by atoms with Gasteiger partial charge in [-0.1, -0.05) is 6.07 Å². The van der Waals surface area contributed by atoms with Crippen molar-refractivity contribution in [2.24, 2.45) is 5.92 Å². The molecule has 2 heterocycles. The van der Waals surface area contributed by atoms with Crippen molar-refractivity contribution in [2.75, 3.05) is 18.5 Å². The molecule has 0 saturated heterocycles. The van der Waals surface area contributed by atoms with E-state index in [1.165, 1.54) is 16.8 Å². The highest BCUT2D eigenvalue weighted by Crippen LogP contribution is 2.41. The second-order valence-electron chi connectivity index (χ2n) is 5.73.